The molecular formula is C15H13ClN4O5S2. The number of carbonyl (C=O) groups excluding carboxylic acids is 1. The lowest BCUT2D eigenvalue weighted by Gasteiger charge is -2.30. The number of benzene rings is 1. The molecule has 3 aromatic rings. The molecular weight excluding hydrogens is 416 g/mol. The molecule has 0 radical (unpaired) electrons. The number of nitrogens with zero attached hydrogens (tertiary/aromatic N) is 3. The van der Waals surface area contributed by atoms with E-state index in [0.29, 0.717) is 22.5 Å². The number of halogens is 1. The smallest absolute Gasteiger partial charge is 0.358 e. The van der Waals surface area contributed by atoms with Crippen LogP contribution in [-0.4, -0.2) is 40.5 Å². The third kappa shape index (κ3) is 3.07. The number of aromatic nitrogens is 2. The van der Waals surface area contributed by atoms with E-state index in [0.717, 1.165) is 5.06 Å². The molecule has 0 spiro atoms. The van der Waals surface area contributed by atoms with Gasteiger partial charge in [-0.25, -0.2) is 4.98 Å². The number of hydrogen-bond donors (Lipinski definition) is 2. The summed E-state index contributed by atoms with van der Waals surface area (Å²) in [6.45, 7) is 0.181. The van der Waals surface area contributed by atoms with E-state index in [4.69, 9.17) is 21.5 Å². The highest BCUT2D eigenvalue weighted by molar-refractivity contribution is 7.87. The van der Waals surface area contributed by atoms with Gasteiger partial charge in [0.1, 0.15) is 11.8 Å². The largest absolute Gasteiger partial charge is 0.378 e. The van der Waals surface area contributed by atoms with Gasteiger partial charge < -0.3 is 15.1 Å². The Morgan fingerprint density at radius 1 is 1.44 bits per heavy atom. The summed E-state index contributed by atoms with van der Waals surface area (Å²) in [6.07, 6.45) is 1.93. The van der Waals surface area contributed by atoms with Crippen molar-refractivity contribution >= 4 is 43.9 Å². The van der Waals surface area contributed by atoms with Crippen LogP contribution in [-0.2, 0) is 21.3 Å². The predicted molar refractivity (Wildman–Crippen MR) is 96.5 cm³/mol. The number of thiazole rings is 1. The highest BCUT2D eigenvalue weighted by Crippen LogP contribution is 2.33. The van der Waals surface area contributed by atoms with Crippen LogP contribution >= 0.6 is 22.9 Å². The second-order valence-corrected chi connectivity index (χ2v) is 8.57. The molecule has 142 valence electrons. The molecule has 1 amide bonds. The molecule has 27 heavy (non-hydrogen) atoms. The van der Waals surface area contributed by atoms with Gasteiger partial charge in [-0.15, -0.1) is 11.3 Å². The molecule has 0 fully saturated rings. The van der Waals surface area contributed by atoms with Crippen molar-refractivity contribution < 1.29 is 22.6 Å². The maximum atomic E-state index is 12.7. The zero-order valence-electron chi connectivity index (χ0n) is 13.6. The fourth-order valence-electron chi connectivity index (χ4n) is 3.07. The Hall–Kier alpha value is -2.18. The molecule has 2 aromatic heterocycles. The fourth-order valence-corrected chi connectivity index (χ4v) is 5.42. The van der Waals surface area contributed by atoms with E-state index in [-0.39, 0.29) is 22.5 Å². The van der Waals surface area contributed by atoms with Crippen LogP contribution in [0.1, 0.15) is 17.2 Å². The van der Waals surface area contributed by atoms with Crippen LogP contribution in [0.3, 0.4) is 0 Å². The number of primary amides is 1. The first-order valence-corrected chi connectivity index (χ1v) is 10.4. The third-order valence-electron chi connectivity index (χ3n) is 4.21. The Bertz CT molecular complexity index is 1160. The van der Waals surface area contributed by atoms with Gasteiger partial charge in [-0.1, -0.05) is 17.7 Å². The molecule has 0 bridgehead atoms. The maximum absolute atomic E-state index is 12.7. The number of hydrogen-bond acceptors (Lipinski definition) is 8. The van der Waals surface area contributed by atoms with Crippen LogP contribution in [0.5, 0.6) is 5.75 Å². The number of rotatable bonds is 4. The molecule has 4 rings (SSSR count). The van der Waals surface area contributed by atoms with Crippen molar-refractivity contribution in [2.24, 2.45) is 5.73 Å². The second-order valence-electron chi connectivity index (χ2n) is 5.88. The van der Waals surface area contributed by atoms with Crippen molar-refractivity contribution in [3.63, 3.8) is 0 Å². The molecule has 12 heteroatoms. The lowest BCUT2D eigenvalue weighted by atomic mass is 9.93. The fraction of sp³-hybridized carbons (Fsp3) is 0.200. The Morgan fingerprint density at radius 2 is 2.22 bits per heavy atom. The van der Waals surface area contributed by atoms with Crippen LogP contribution in [0, 0.1) is 0 Å². The summed E-state index contributed by atoms with van der Waals surface area (Å²) in [5, 5.41) is 12.0. The normalized spacial score (nSPS) is 17.8. The van der Waals surface area contributed by atoms with E-state index < -0.39 is 22.1 Å². The monoisotopic (exact) mass is 428 g/mol. The Labute approximate surface area is 162 Å². The minimum atomic E-state index is -4.24. The first-order chi connectivity index (χ1) is 12.8. The Kier molecular flexibility index (Phi) is 4.35. The van der Waals surface area contributed by atoms with Crippen LogP contribution in [0.4, 0.5) is 0 Å². The second kappa shape index (κ2) is 6.46. The zero-order valence-corrected chi connectivity index (χ0v) is 16.0. The molecule has 1 atom stereocenters. The van der Waals surface area contributed by atoms with Crippen molar-refractivity contribution in [3.8, 4) is 5.75 Å². The zero-order chi connectivity index (χ0) is 19.3. The molecule has 0 aliphatic carbocycles. The molecule has 3 N–H and O–H groups in total. The minimum absolute atomic E-state index is 0.0598. The topological polar surface area (TPSA) is 127 Å². The summed E-state index contributed by atoms with van der Waals surface area (Å²) >= 11 is 7.22. The highest BCUT2D eigenvalue weighted by Gasteiger charge is 2.32. The molecule has 0 saturated carbocycles. The number of carbonyl (C=O) groups is 1. The van der Waals surface area contributed by atoms with Crippen LogP contribution < -0.4 is 9.92 Å². The van der Waals surface area contributed by atoms with Gasteiger partial charge >= 0.3 is 10.1 Å². The van der Waals surface area contributed by atoms with E-state index in [1.54, 1.807) is 5.38 Å². The van der Waals surface area contributed by atoms with Crippen molar-refractivity contribution in [2.75, 3.05) is 6.54 Å². The van der Waals surface area contributed by atoms with Crippen molar-refractivity contribution in [3.05, 3.63) is 46.1 Å². The van der Waals surface area contributed by atoms with E-state index in [1.807, 2.05) is 0 Å². The van der Waals surface area contributed by atoms with Crippen molar-refractivity contribution in [1.82, 2.24) is 14.4 Å². The van der Waals surface area contributed by atoms with Gasteiger partial charge in [0.05, 0.1) is 0 Å². The molecule has 1 aliphatic heterocycles. The van der Waals surface area contributed by atoms with Gasteiger partial charge in [0.15, 0.2) is 10.1 Å². The van der Waals surface area contributed by atoms with Crippen molar-refractivity contribution in [1.29, 1.82) is 0 Å². The Balaban J connectivity index is 1.70. The summed E-state index contributed by atoms with van der Waals surface area (Å²) in [5.41, 5.74) is 6.51. The minimum Gasteiger partial charge on any atom is -0.378 e. The molecule has 1 aromatic carbocycles. The number of fused-ring (bicyclic) bond motifs is 2. The van der Waals surface area contributed by atoms with Crippen molar-refractivity contribution in [2.45, 2.75) is 17.5 Å². The molecule has 3 heterocycles. The predicted octanol–water partition coefficient (Wildman–Crippen LogP) is 1.59. The van der Waals surface area contributed by atoms with E-state index in [1.165, 1.54) is 40.1 Å². The first kappa shape index (κ1) is 18.2. The maximum Gasteiger partial charge on any atom is 0.358 e. The number of nitrogens with two attached hydrogens (primary N) is 1. The lowest BCUT2D eigenvalue weighted by molar-refractivity contribution is -0.156. The third-order valence-corrected chi connectivity index (χ3v) is 6.62. The average molecular weight is 429 g/mol. The summed E-state index contributed by atoms with van der Waals surface area (Å²) in [7, 11) is -4.24. The average Bonchev–Trinajstić information content (AvgIpc) is 3.13. The number of imidazole rings is 1. The first-order valence-electron chi connectivity index (χ1n) is 7.71. The summed E-state index contributed by atoms with van der Waals surface area (Å²) < 4.78 is 32.0. The van der Waals surface area contributed by atoms with E-state index >= 15 is 0 Å². The van der Waals surface area contributed by atoms with E-state index in [9.17, 15) is 18.4 Å². The van der Waals surface area contributed by atoms with Gasteiger partial charge in [-0.3, -0.25) is 9.20 Å². The van der Waals surface area contributed by atoms with Crippen LogP contribution in [0.25, 0.3) is 4.96 Å². The number of amides is 1. The molecule has 1 unspecified atom stereocenters. The summed E-state index contributed by atoms with van der Waals surface area (Å²) in [4.78, 5) is 16.0. The van der Waals surface area contributed by atoms with Gasteiger partial charge in [0, 0.05) is 18.1 Å². The SMILES string of the molecule is NC(=O)C1c2ccc(OS(=O)(=O)c3c(Cl)nc4sccn34)cc2CCN1O. The molecule has 1 aliphatic rings. The summed E-state index contributed by atoms with van der Waals surface area (Å²) in [5.74, 6) is -0.643. The number of hydroxylamine groups is 2. The highest BCUT2D eigenvalue weighted by atomic mass is 35.5. The van der Waals surface area contributed by atoms with E-state index in [2.05, 4.69) is 4.98 Å². The van der Waals surface area contributed by atoms with Crippen LogP contribution in [0.2, 0.25) is 5.15 Å². The molecule has 0 saturated heterocycles. The summed E-state index contributed by atoms with van der Waals surface area (Å²) in [6, 6.07) is 3.42. The van der Waals surface area contributed by atoms with Gasteiger partial charge in [-0.05, 0) is 29.7 Å². The lowest BCUT2D eigenvalue weighted by Crippen LogP contribution is -2.40. The quantitative estimate of drug-likeness (QED) is 0.604. The molecule has 9 nitrogen and oxygen atoms in total. The Morgan fingerprint density at radius 3 is 2.96 bits per heavy atom. The van der Waals surface area contributed by atoms with Gasteiger partial charge in [0.25, 0.3) is 0 Å². The van der Waals surface area contributed by atoms with Gasteiger partial charge in [0.2, 0.25) is 10.9 Å². The van der Waals surface area contributed by atoms with Crippen LogP contribution in [0.15, 0.2) is 34.8 Å². The van der Waals surface area contributed by atoms with Gasteiger partial charge in [-0.2, -0.15) is 13.5 Å². The standard InChI is InChI=1S/C15H13ClN4O5S2/c16-12-14(19-5-6-26-15(19)18-12)27(23,24)25-9-1-2-10-8(7-9)3-4-20(22)11(10)13(17)21/h1-2,5-7,11,22H,3-4H2,(H2,17,21).